The van der Waals surface area contributed by atoms with Gasteiger partial charge in [0.05, 0.1) is 17.7 Å². The Morgan fingerprint density at radius 1 is 1.29 bits per heavy atom. The summed E-state index contributed by atoms with van der Waals surface area (Å²) < 4.78 is 0. The van der Waals surface area contributed by atoms with Gasteiger partial charge < -0.3 is 20.6 Å². The number of nitrogens with zero attached hydrogens (tertiary/aromatic N) is 1. The van der Waals surface area contributed by atoms with Crippen LogP contribution in [0.1, 0.15) is 51.0 Å². The van der Waals surface area contributed by atoms with Crippen molar-refractivity contribution in [1.29, 1.82) is 0 Å². The van der Waals surface area contributed by atoms with Gasteiger partial charge in [-0.15, -0.1) is 0 Å². The van der Waals surface area contributed by atoms with E-state index in [0.717, 1.165) is 24.8 Å². The Morgan fingerprint density at radius 3 is 2.75 bits per heavy atom. The highest BCUT2D eigenvalue weighted by molar-refractivity contribution is 5.82. The highest BCUT2D eigenvalue weighted by Crippen LogP contribution is 2.51. The summed E-state index contributed by atoms with van der Waals surface area (Å²) in [4.78, 5) is 26.6. The Morgan fingerprint density at radius 2 is 2.07 bits per heavy atom. The van der Waals surface area contributed by atoms with E-state index in [1.807, 2.05) is 42.2 Å². The molecule has 5 unspecified atom stereocenters. The van der Waals surface area contributed by atoms with E-state index in [-0.39, 0.29) is 24.0 Å². The summed E-state index contributed by atoms with van der Waals surface area (Å²) in [5.41, 5.74) is 0.492. The first kappa shape index (κ1) is 19.2. The van der Waals surface area contributed by atoms with Gasteiger partial charge in [-0.2, -0.15) is 0 Å². The van der Waals surface area contributed by atoms with Crippen molar-refractivity contribution in [2.75, 3.05) is 6.54 Å². The monoisotopic (exact) mass is 385 g/mol. The Balaban J connectivity index is 1.24. The van der Waals surface area contributed by atoms with Crippen LogP contribution in [0.2, 0.25) is 0 Å². The molecule has 2 bridgehead atoms. The lowest BCUT2D eigenvalue weighted by Crippen LogP contribution is -2.48. The van der Waals surface area contributed by atoms with E-state index in [0.29, 0.717) is 37.8 Å². The van der Waals surface area contributed by atoms with Crippen molar-refractivity contribution in [3.05, 3.63) is 35.9 Å². The van der Waals surface area contributed by atoms with Gasteiger partial charge in [0, 0.05) is 19.5 Å². The number of amides is 3. The van der Waals surface area contributed by atoms with E-state index in [2.05, 4.69) is 10.6 Å². The minimum Gasteiger partial charge on any atom is -0.390 e. The summed E-state index contributed by atoms with van der Waals surface area (Å²) in [5, 5.41) is 16.6. The number of rotatable bonds is 6. The maximum atomic E-state index is 12.4. The van der Waals surface area contributed by atoms with Gasteiger partial charge in [0.25, 0.3) is 0 Å². The fourth-order valence-electron chi connectivity index (χ4n) is 5.44. The van der Waals surface area contributed by atoms with Crippen molar-refractivity contribution in [3.8, 4) is 0 Å². The lowest BCUT2D eigenvalue weighted by molar-refractivity contribution is -0.129. The number of urea groups is 1. The van der Waals surface area contributed by atoms with Crippen LogP contribution in [0.25, 0.3) is 0 Å². The van der Waals surface area contributed by atoms with Crippen molar-refractivity contribution in [2.45, 2.75) is 69.7 Å². The predicted molar refractivity (Wildman–Crippen MR) is 106 cm³/mol. The largest absolute Gasteiger partial charge is 0.390 e. The fraction of sp³-hybridized carbons (Fsp3) is 0.636. The third-order valence-electron chi connectivity index (χ3n) is 7.09. The molecular weight excluding hydrogens is 354 g/mol. The van der Waals surface area contributed by atoms with Crippen LogP contribution in [0.5, 0.6) is 0 Å². The summed E-state index contributed by atoms with van der Waals surface area (Å²) in [6.07, 6.45) is 5.32. The fourth-order valence-corrected chi connectivity index (χ4v) is 5.44. The van der Waals surface area contributed by atoms with Crippen molar-refractivity contribution in [2.24, 2.45) is 11.8 Å². The minimum absolute atomic E-state index is 0.0480. The molecule has 0 aromatic heterocycles. The molecule has 3 amide bonds. The summed E-state index contributed by atoms with van der Waals surface area (Å²) in [6, 6.07) is 9.41. The summed E-state index contributed by atoms with van der Waals surface area (Å²) in [7, 11) is 0. The molecule has 152 valence electrons. The van der Waals surface area contributed by atoms with Gasteiger partial charge in [-0.25, -0.2) is 4.79 Å². The molecule has 5 atom stereocenters. The van der Waals surface area contributed by atoms with Gasteiger partial charge >= 0.3 is 6.03 Å². The molecule has 28 heavy (non-hydrogen) atoms. The van der Waals surface area contributed by atoms with Crippen LogP contribution in [0, 0.1) is 11.8 Å². The molecule has 1 aliphatic heterocycles. The van der Waals surface area contributed by atoms with Crippen LogP contribution in [-0.2, 0) is 11.3 Å². The van der Waals surface area contributed by atoms with Gasteiger partial charge in [-0.1, -0.05) is 30.3 Å². The summed E-state index contributed by atoms with van der Waals surface area (Å²) in [6.45, 7) is 3.02. The number of fused-ring (bicyclic) bond motifs is 2. The second-order valence-electron chi connectivity index (χ2n) is 8.89. The van der Waals surface area contributed by atoms with Crippen molar-refractivity contribution < 1.29 is 14.7 Å². The molecule has 3 aliphatic rings. The molecule has 3 N–H and O–H groups in total. The summed E-state index contributed by atoms with van der Waals surface area (Å²) >= 11 is 0. The Hall–Kier alpha value is -2.08. The van der Waals surface area contributed by atoms with Crippen LogP contribution in [0.3, 0.4) is 0 Å². The van der Waals surface area contributed by atoms with Crippen LogP contribution in [0.15, 0.2) is 30.3 Å². The molecular formula is C22H31N3O3. The average molecular weight is 386 g/mol. The van der Waals surface area contributed by atoms with E-state index in [4.69, 9.17) is 0 Å². The molecule has 6 nitrogen and oxygen atoms in total. The first-order chi connectivity index (χ1) is 13.4. The molecule has 0 spiro atoms. The Labute approximate surface area is 166 Å². The standard InChI is InChI=1S/C22H31N3O3/c1-15-19(12-20(26)25(15)14-16-5-3-2-4-6-16)24-21(27)23-10-9-22(28)13-17-7-8-18(22)11-17/h2-6,15,17-19,28H,7-14H2,1H3,(H2,23,24,27). The van der Waals surface area contributed by atoms with Crippen molar-refractivity contribution in [3.63, 3.8) is 0 Å². The number of hydrogen-bond acceptors (Lipinski definition) is 3. The van der Waals surface area contributed by atoms with E-state index in [1.165, 1.54) is 6.42 Å². The van der Waals surface area contributed by atoms with E-state index >= 15 is 0 Å². The van der Waals surface area contributed by atoms with E-state index in [1.54, 1.807) is 0 Å². The minimum atomic E-state index is -0.598. The third kappa shape index (κ3) is 3.88. The number of benzene rings is 1. The van der Waals surface area contributed by atoms with Crippen LogP contribution >= 0.6 is 0 Å². The molecule has 1 aromatic carbocycles. The van der Waals surface area contributed by atoms with E-state index < -0.39 is 5.60 Å². The summed E-state index contributed by atoms with van der Waals surface area (Å²) in [5.74, 6) is 1.14. The van der Waals surface area contributed by atoms with Gasteiger partial charge in [0.1, 0.15) is 0 Å². The first-order valence-corrected chi connectivity index (χ1v) is 10.5. The van der Waals surface area contributed by atoms with Crippen molar-refractivity contribution in [1.82, 2.24) is 15.5 Å². The SMILES string of the molecule is CC1C(NC(=O)NCCC2(O)CC3CCC2C3)CC(=O)N1Cc1ccccc1. The zero-order valence-electron chi connectivity index (χ0n) is 16.6. The van der Waals surface area contributed by atoms with Crippen LogP contribution in [0.4, 0.5) is 4.79 Å². The molecule has 1 aromatic rings. The predicted octanol–water partition coefficient (Wildman–Crippen LogP) is 2.42. The number of hydrogen-bond donors (Lipinski definition) is 3. The first-order valence-electron chi connectivity index (χ1n) is 10.5. The second-order valence-corrected chi connectivity index (χ2v) is 8.89. The maximum absolute atomic E-state index is 12.4. The zero-order valence-corrected chi connectivity index (χ0v) is 16.6. The molecule has 2 saturated carbocycles. The normalized spacial score (nSPS) is 34.1. The number of carbonyl (C=O) groups excluding carboxylic acids is 2. The highest BCUT2D eigenvalue weighted by atomic mass is 16.3. The van der Waals surface area contributed by atoms with Gasteiger partial charge in [-0.05, 0) is 56.4 Å². The second kappa shape index (κ2) is 7.74. The molecule has 3 fully saturated rings. The smallest absolute Gasteiger partial charge is 0.315 e. The van der Waals surface area contributed by atoms with Gasteiger partial charge in [0.15, 0.2) is 0 Å². The molecule has 6 heteroatoms. The topological polar surface area (TPSA) is 81.7 Å². The van der Waals surface area contributed by atoms with Gasteiger partial charge in [-0.3, -0.25) is 4.79 Å². The highest BCUT2D eigenvalue weighted by Gasteiger charge is 2.49. The third-order valence-corrected chi connectivity index (χ3v) is 7.09. The quantitative estimate of drug-likeness (QED) is 0.703. The lowest BCUT2D eigenvalue weighted by atomic mass is 9.82. The Bertz CT molecular complexity index is 725. The number of carbonyl (C=O) groups is 2. The molecule has 1 saturated heterocycles. The van der Waals surface area contributed by atoms with Gasteiger partial charge in [0.2, 0.25) is 5.91 Å². The van der Waals surface area contributed by atoms with Crippen LogP contribution < -0.4 is 10.6 Å². The molecule has 0 radical (unpaired) electrons. The van der Waals surface area contributed by atoms with E-state index in [9.17, 15) is 14.7 Å². The number of aliphatic hydroxyl groups is 1. The number of nitrogens with one attached hydrogen (secondary N) is 2. The molecule has 4 rings (SSSR count). The Kier molecular flexibility index (Phi) is 5.32. The average Bonchev–Trinajstić information content (AvgIpc) is 3.32. The molecule has 1 heterocycles. The van der Waals surface area contributed by atoms with Crippen molar-refractivity contribution >= 4 is 11.9 Å². The lowest BCUT2D eigenvalue weighted by Gasteiger charge is -2.32. The number of likely N-dealkylation sites (tertiary alicyclic amines) is 1. The molecule has 2 aliphatic carbocycles. The van der Waals surface area contributed by atoms with Crippen LogP contribution in [-0.4, -0.2) is 46.2 Å². The maximum Gasteiger partial charge on any atom is 0.315 e. The zero-order chi connectivity index (χ0) is 19.7.